The maximum absolute atomic E-state index is 12.6. The fourth-order valence-electron chi connectivity index (χ4n) is 2.23. The van der Waals surface area contributed by atoms with E-state index >= 15 is 0 Å². The molecule has 0 saturated heterocycles. The van der Waals surface area contributed by atoms with Gasteiger partial charge >= 0.3 is 0 Å². The number of rotatable bonds is 7. The average Bonchev–Trinajstić information content (AvgIpc) is 2.62. The molecule has 2 aromatic rings. The van der Waals surface area contributed by atoms with Gasteiger partial charge < -0.3 is 14.8 Å². The normalized spacial score (nSPS) is 10.9. The van der Waals surface area contributed by atoms with Crippen molar-refractivity contribution in [3.63, 3.8) is 0 Å². The first kappa shape index (κ1) is 19.6. The lowest BCUT2D eigenvalue weighted by molar-refractivity contribution is -0.115. The second kappa shape index (κ2) is 8.09. The van der Waals surface area contributed by atoms with E-state index in [1.165, 1.54) is 38.5 Å². The molecule has 2 aromatic carbocycles. The summed E-state index contributed by atoms with van der Waals surface area (Å²) in [5, 5.41) is 2.69. The molecule has 0 atom stereocenters. The van der Waals surface area contributed by atoms with Crippen LogP contribution in [0.5, 0.6) is 11.5 Å². The standard InChI is InChI=1S/C18H22N2O5S/c1-5-18(21)19-14-10-17(25-4)15(11-16(14)24-3)20-26(22,23)13-8-6-12(2)7-9-13/h6-11,20H,5H2,1-4H3,(H,19,21). The Morgan fingerprint density at radius 1 is 1.00 bits per heavy atom. The minimum absolute atomic E-state index is 0.132. The number of nitrogens with one attached hydrogen (secondary N) is 2. The van der Waals surface area contributed by atoms with Crippen LogP contribution < -0.4 is 19.5 Å². The van der Waals surface area contributed by atoms with Crippen molar-refractivity contribution in [2.45, 2.75) is 25.2 Å². The van der Waals surface area contributed by atoms with Crippen LogP contribution >= 0.6 is 0 Å². The molecule has 0 radical (unpaired) electrons. The molecule has 7 nitrogen and oxygen atoms in total. The molecule has 0 spiro atoms. The number of amides is 1. The molecule has 1 amide bonds. The topological polar surface area (TPSA) is 93.7 Å². The molecule has 0 aromatic heterocycles. The Labute approximate surface area is 153 Å². The SMILES string of the molecule is CCC(=O)Nc1cc(OC)c(NS(=O)(=O)c2ccc(C)cc2)cc1OC. The fourth-order valence-corrected chi connectivity index (χ4v) is 3.30. The summed E-state index contributed by atoms with van der Waals surface area (Å²) >= 11 is 0. The largest absolute Gasteiger partial charge is 0.494 e. The van der Waals surface area contributed by atoms with Crippen LogP contribution in [-0.2, 0) is 14.8 Å². The second-order valence-corrected chi connectivity index (χ2v) is 7.26. The van der Waals surface area contributed by atoms with Crippen molar-refractivity contribution < 1.29 is 22.7 Å². The number of methoxy groups -OCH3 is 2. The summed E-state index contributed by atoms with van der Waals surface area (Å²) in [4.78, 5) is 11.8. The van der Waals surface area contributed by atoms with Gasteiger partial charge in [0, 0.05) is 18.6 Å². The highest BCUT2D eigenvalue weighted by Crippen LogP contribution is 2.37. The molecule has 0 saturated carbocycles. The highest BCUT2D eigenvalue weighted by molar-refractivity contribution is 7.92. The van der Waals surface area contributed by atoms with E-state index in [9.17, 15) is 13.2 Å². The molecule has 0 bridgehead atoms. The van der Waals surface area contributed by atoms with E-state index < -0.39 is 10.0 Å². The highest BCUT2D eigenvalue weighted by atomic mass is 32.2. The van der Waals surface area contributed by atoms with Crippen LogP contribution in [0.2, 0.25) is 0 Å². The van der Waals surface area contributed by atoms with Crippen molar-refractivity contribution in [3.05, 3.63) is 42.0 Å². The minimum atomic E-state index is -3.80. The zero-order chi connectivity index (χ0) is 19.3. The first-order chi connectivity index (χ1) is 12.3. The van der Waals surface area contributed by atoms with Gasteiger partial charge in [-0.25, -0.2) is 8.42 Å². The summed E-state index contributed by atoms with van der Waals surface area (Å²) in [6.45, 7) is 3.60. The van der Waals surface area contributed by atoms with Crippen molar-refractivity contribution in [2.24, 2.45) is 0 Å². The van der Waals surface area contributed by atoms with Gasteiger partial charge in [0.2, 0.25) is 5.91 Å². The van der Waals surface area contributed by atoms with Crippen LogP contribution in [0.1, 0.15) is 18.9 Å². The fraction of sp³-hybridized carbons (Fsp3) is 0.278. The van der Waals surface area contributed by atoms with Gasteiger partial charge in [0.1, 0.15) is 11.5 Å². The van der Waals surface area contributed by atoms with Crippen molar-refractivity contribution in [2.75, 3.05) is 24.3 Å². The number of carbonyl (C=O) groups excluding carboxylic acids is 1. The third-order valence-electron chi connectivity index (χ3n) is 3.69. The van der Waals surface area contributed by atoms with Gasteiger partial charge in [-0.1, -0.05) is 24.6 Å². The Kier molecular flexibility index (Phi) is 6.10. The van der Waals surface area contributed by atoms with E-state index in [1.54, 1.807) is 19.1 Å². The molecule has 2 N–H and O–H groups in total. The molecule has 0 aliphatic rings. The predicted octanol–water partition coefficient (Wildman–Crippen LogP) is 3.16. The van der Waals surface area contributed by atoms with Crippen LogP contribution in [0.3, 0.4) is 0 Å². The monoisotopic (exact) mass is 378 g/mol. The van der Waals surface area contributed by atoms with Gasteiger partial charge in [0.05, 0.1) is 30.5 Å². The summed E-state index contributed by atoms with van der Waals surface area (Å²) in [5.74, 6) is 0.375. The Morgan fingerprint density at radius 3 is 2.08 bits per heavy atom. The zero-order valence-corrected chi connectivity index (χ0v) is 15.9. The molecular formula is C18H22N2O5S. The molecular weight excluding hydrogens is 356 g/mol. The molecule has 8 heteroatoms. The van der Waals surface area contributed by atoms with E-state index in [0.717, 1.165) is 5.56 Å². The summed E-state index contributed by atoms with van der Waals surface area (Å²) < 4.78 is 38.3. The molecule has 0 aliphatic carbocycles. The van der Waals surface area contributed by atoms with Crippen molar-refractivity contribution in [1.82, 2.24) is 0 Å². The third-order valence-corrected chi connectivity index (χ3v) is 5.07. The summed E-state index contributed by atoms with van der Waals surface area (Å²) in [5.41, 5.74) is 1.56. The van der Waals surface area contributed by atoms with E-state index in [0.29, 0.717) is 17.9 Å². The van der Waals surface area contributed by atoms with Crippen molar-refractivity contribution >= 4 is 27.3 Å². The van der Waals surface area contributed by atoms with E-state index in [-0.39, 0.29) is 22.2 Å². The van der Waals surface area contributed by atoms with Crippen LogP contribution in [0.25, 0.3) is 0 Å². The van der Waals surface area contributed by atoms with Gasteiger partial charge in [-0.3, -0.25) is 9.52 Å². The smallest absolute Gasteiger partial charge is 0.262 e. The average molecular weight is 378 g/mol. The number of carbonyl (C=O) groups is 1. The lowest BCUT2D eigenvalue weighted by Gasteiger charge is -2.16. The van der Waals surface area contributed by atoms with Gasteiger partial charge in [-0.05, 0) is 19.1 Å². The zero-order valence-electron chi connectivity index (χ0n) is 15.1. The maximum atomic E-state index is 12.6. The Hall–Kier alpha value is -2.74. The molecule has 2 rings (SSSR count). The highest BCUT2D eigenvalue weighted by Gasteiger charge is 2.19. The third kappa shape index (κ3) is 4.45. The molecule has 0 fully saturated rings. The van der Waals surface area contributed by atoms with Crippen LogP contribution in [0.15, 0.2) is 41.3 Å². The number of hydrogen-bond acceptors (Lipinski definition) is 5. The van der Waals surface area contributed by atoms with Gasteiger partial charge in [-0.2, -0.15) is 0 Å². The number of hydrogen-bond donors (Lipinski definition) is 2. The lowest BCUT2D eigenvalue weighted by Crippen LogP contribution is -2.15. The van der Waals surface area contributed by atoms with Crippen LogP contribution in [0.4, 0.5) is 11.4 Å². The number of ether oxygens (including phenoxy) is 2. The summed E-state index contributed by atoms with van der Waals surface area (Å²) in [7, 11) is -0.955. The van der Waals surface area contributed by atoms with Crippen molar-refractivity contribution in [1.29, 1.82) is 0 Å². The van der Waals surface area contributed by atoms with Crippen LogP contribution in [-0.4, -0.2) is 28.5 Å². The Balaban J connectivity index is 2.42. The molecule has 0 heterocycles. The first-order valence-corrected chi connectivity index (χ1v) is 9.44. The Bertz CT molecular complexity index is 893. The summed E-state index contributed by atoms with van der Waals surface area (Å²) in [6.07, 6.45) is 0.299. The molecule has 26 heavy (non-hydrogen) atoms. The number of anilines is 2. The van der Waals surface area contributed by atoms with Gasteiger partial charge in [0.15, 0.2) is 0 Å². The van der Waals surface area contributed by atoms with Gasteiger partial charge in [-0.15, -0.1) is 0 Å². The molecule has 140 valence electrons. The predicted molar refractivity (Wildman–Crippen MR) is 100 cm³/mol. The van der Waals surface area contributed by atoms with E-state index in [2.05, 4.69) is 10.0 Å². The van der Waals surface area contributed by atoms with Crippen molar-refractivity contribution in [3.8, 4) is 11.5 Å². The van der Waals surface area contributed by atoms with Crippen LogP contribution in [0, 0.1) is 6.92 Å². The molecule has 0 aliphatic heterocycles. The quantitative estimate of drug-likeness (QED) is 0.772. The maximum Gasteiger partial charge on any atom is 0.262 e. The minimum Gasteiger partial charge on any atom is -0.494 e. The first-order valence-electron chi connectivity index (χ1n) is 7.96. The van der Waals surface area contributed by atoms with E-state index in [1.807, 2.05) is 6.92 Å². The number of sulfonamides is 1. The second-order valence-electron chi connectivity index (χ2n) is 5.57. The lowest BCUT2D eigenvalue weighted by atomic mass is 10.2. The number of benzene rings is 2. The number of aryl methyl sites for hydroxylation is 1. The molecule has 0 unspecified atom stereocenters. The Morgan fingerprint density at radius 2 is 1.54 bits per heavy atom. The van der Waals surface area contributed by atoms with Gasteiger partial charge in [0.25, 0.3) is 10.0 Å². The summed E-state index contributed by atoms with van der Waals surface area (Å²) in [6, 6.07) is 9.47. The van der Waals surface area contributed by atoms with E-state index in [4.69, 9.17) is 9.47 Å².